The Balaban J connectivity index is 2.22. The lowest BCUT2D eigenvalue weighted by Crippen LogP contribution is -2.14. The van der Waals surface area contributed by atoms with E-state index in [0.29, 0.717) is 10.8 Å². The van der Waals surface area contributed by atoms with E-state index < -0.39 is 11.7 Å². The summed E-state index contributed by atoms with van der Waals surface area (Å²) < 4.78 is 13.6. The topological polar surface area (TPSA) is 42.0 Å². The SMILES string of the molecule is O=C(Nc1ccc(Cl)nc1)c1cccc(Cl)c1F. The highest BCUT2D eigenvalue weighted by Gasteiger charge is 2.14. The standard InChI is InChI=1S/C12H7Cl2FN2O/c13-9-3-1-2-8(11(9)15)12(18)17-7-4-5-10(14)16-6-7/h1-6H,(H,17,18). The molecule has 1 N–H and O–H groups in total. The number of benzene rings is 1. The van der Waals surface area contributed by atoms with Crippen molar-refractivity contribution in [1.29, 1.82) is 0 Å². The lowest BCUT2D eigenvalue weighted by Gasteiger charge is -2.06. The molecule has 0 atom stereocenters. The zero-order valence-corrected chi connectivity index (χ0v) is 10.5. The van der Waals surface area contributed by atoms with Crippen molar-refractivity contribution >= 4 is 34.8 Å². The van der Waals surface area contributed by atoms with Crippen molar-refractivity contribution in [3.05, 3.63) is 58.1 Å². The summed E-state index contributed by atoms with van der Waals surface area (Å²) in [7, 11) is 0. The van der Waals surface area contributed by atoms with Gasteiger partial charge in [-0.25, -0.2) is 9.37 Å². The Hall–Kier alpha value is -1.65. The third kappa shape index (κ3) is 2.78. The second-order valence-electron chi connectivity index (χ2n) is 3.43. The number of aromatic nitrogens is 1. The molecule has 0 saturated carbocycles. The van der Waals surface area contributed by atoms with Crippen LogP contribution in [0.1, 0.15) is 10.4 Å². The molecular weight excluding hydrogens is 278 g/mol. The molecule has 1 aromatic heterocycles. The van der Waals surface area contributed by atoms with Crippen molar-refractivity contribution < 1.29 is 9.18 Å². The van der Waals surface area contributed by atoms with E-state index in [0.717, 1.165) is 0 Å². The summed E-state index contributed by atoms with van der Waals surface area (Å²) >= 11 is 11.2. The van der Waals surface area contributed by atoms with E-state index in [9.17, 15) is 9.18 Å². The van der Waals surface area contributed by atoms with Crippen molar-refractivity contribution in [3.8, 4) is 0 Å². The maximum Gasteiger partial charge on any atom is 0.258 e. The van der Waals surface area contributed by atoms with Crippen LogP contribution in [0, 0.1) is 5.82 Å². The first kappa shape index (κ1) is 12.8. The summed E-state index contributed by atoms with van der Waals surface area (Å²) in [5, 5.41) is 2.70. The van der Waals surface area contributed by atoms with Crippen LogP contribution in [-0.4, -0.2) is 10.9 Å². The van der Waals surface area contributed by atoms with Crippen LogP contribution in [0.4, 0.5) is 10.1 Å². The minimum atomic E-state index is -0.751. The molecule has 1 heterocycles. The number of pyridine rings is 1. The molecular formula is C12H7Cl2FN2O. The Morgan fingerprint density at radius 3 is 2.67 bits per heavy atom. The van der Waals surface area contributed by atoms with E-state index in [1.54, 1.807) is 6.07 Å². The minimum absolute atomic E-state index is 0.100. The van der Waals surface area contributed by atoms with Gasteiger partial charge >= 0.3 is 0 Å². The molecule has 0 aliphatic carbocycles. The second-order valence-corrected chi connectivity index (χ2v) is 4.22. The van der Waals surface area contributed by atoms with Crippen molar-refractivity contribution in [1.82, 2.24) is 4.98 Å². The van der Waals surface area contributed by atoms with Crippen LogP contribution >= 0.6 is 23.2 Å². The number of carbonyl (C=O) groups excluding carboxylic acids is 1. The maximum absolute atomic E-state index is 13.6. The molecule has 0 radical (unpaired) electrons. The lowest BCUT2D eigenvalue weighted by molar-refractivity contribution is 0.102. The highest BCUT2D eigenvalue weighted by Crippen LogP contribution is 2.19. The van der Waals surface area contributed by atoms with Crippen molar-refractivity contribution in [3.63, 3.8) is 0 Å². The summed E-state index contributed by atoms with van der Waals surface area (Å²) in [5.74, 6) is -1.35. The second kappa shape index (κ2) is 5.33. The Kier molecular flexibility index (Phi) is 3.79. The molecule has 0 aliphatic heterocycles. The number of nitrogens with one attached hydrogen (secondary N) is 1. The lowest BCUT2D eigenvalue weighted by atomic mass is 10.2. The quantitative estimate of drug-likeness (QED) is 0.853. The van der Waals surface area contributed by atoms with E-state index in [2.05, 4.69) is 10.3 Å². The van der Waals surface area contributed by atoms with Crippen LogP contribution in [0.3, 0.4) is 0 Å². The number of carbonyl (C=O) groups is 1. The molecule has 2 rings (SSSR count). The van der Waals surface area contributed by atoms with Gasteiger partial charge in [-0.15, -0.1) is 0 Å². The van der Waals surface area contributed by atoms with Gasteiger partial charge < -0.3 is 5.32 Å². The number of hydrogen-bond acceptors (Lipinski definition) is 2. The monoisotopic (exact) mass is 284 g/mol. The van der Waals surface area contributed by atoms with Gasteiger partial charge in [0.15, 0.2) is 5.82 Å². The van der Waals surface area contributed by atoms with Crippen molar-refractivity contribution in [2.75, 3.05) is 5.32 Å². The van der Waals surface area contributed by atoms with E-state index in [1.165, 1.54) is 30.5 Å². The molecule has 1 amide bonds. The smallest absolute Gasteiger partial charge is 0.258 e. The molecule has 3 nitrogen and oxygen atoms in total. The molecule has 2 aromatic rings. The third-order valence-electron chi connectivity index (χ3n) is 2.18. The van der Waals surface area contributed by atoms with Gasteiger partial charge in [-0.2, -0.15) is 0 Å². The molecule has 18 heavy (non-hydrogen) atoms. The molecule has 0 unspecified atom stereocenters. The molecule has 0 saturated heterocycles. The van der Waals surface area contributed by atoms with Gasteiger partial charge in [0.05, 0.1) is 22.5 Å². The molecule has 6 heteroatoms. The minimum Gasteiger partial charge on any atom is -0.320 e. The van der Waals surface area contributed by atoms with Gasteiger partial charge in [-0.1, -0.05) is 29.3 Å². The van der Waals surface area contributed by atoms with Crippen LogP contribution in [0.25, 0.3) is 0 Å². The number of rotatable bonds is 2. The highest BCUT2D eigenvalue weighted by atomic mass is 35.5. The maximum atomic E-state index is 13.6. The van der Waals surface area contributed by atoms with Gasteiger partial charge in [0.2, 0.25) is 0 Å². The number of halogens is 3. The van der Waals surface area contributed by atoms with Crippen LogP contribution in [0.5, 0.6) is 0 Å². The van der Waals surface area contributed by atoms with E-state index in [4.69, 9.17) is 23.2 Å². The van der Waals surface area contributed by atoms with E-state index >= 15 is 0 Å². The van der Waals surface area contributed by atoms with Gasteiger partial charge in [-0.05, 0) is 24.3 Å². The first-order chi connectivity index (χ1) is 8.58. The summed E-state index contributed by atoms with van der Waals surface area (Å²) in [5.41, 5.74) is 0.293. The molecule has 0 fully saturated rings. The van der Waals surface area contributed by atoms with Crippen molar-refractivity contribution in [2.24, 2.45) is 0 Å². The number of hydrogen-bond donors (Lipinski definition) is 1. The van der Waals surface area contributed by atoms with Crippen molar-refractivity contribution in [2.45, 2.75) is 0 Å². The van der Waals surface area contributed by atoms with E-state index in [1.807, 2.05) is 0 Å². The fourth-order valence-corrected chi connectivity index (χ4v) is 1.61. The molecule has 92 valence electrons. The van der Waals surface area contributed by atoms with Gasteiger partial charge in [0.1, 0.15) is 5.15 Å². The molecule has 1 aromatic carbocycles. The van der Waals surface area contributed by atoms with Crippen LogP contribution in [0.2, 0.25) is 10.2 Å². The molecule has 0 bridgehead atoms. The number of nitrogens with zero attached hydrogens (tertiary/aromatic N) is 1. The Bertz CT molecular complexity index is 587. The highest BCUT2D eigenvalue weighted by molar-refractivity contribution is 6.31. The first-order valence-corrected chi connectivity index (χ1v) is 5.70. The predicted molar refractivity (Wildman–Crippen MR) is 68.6 cm³/mol. The van der Waals surface area contributed by atoms with Crippen LogP contribution < -0.4 is 5.32 Å². The first-order valence-electron chi connectivity index (χ1n) is 4.95. The fourth-order valence-electron chi connectivity index (χ4n) is 1.33. The van der Waals surface area contributed by atoms with Crippen LogP contribution in [0.15, 0.2) is 36.5 Å². The largest absolute Gasteiger partial charge is 0.320 e. The Labute approximate surface area is 113 Å². The molecule has 0 spiro atoms. The Morgan fingerprint density at radius 2 is 2.00 bits per heavy atom. The number of amides is 1. The third-order valence-corrected chi connectivity index (χ3v) is 2.70. The summed E-state index contributed by atoms with van der Waals surface area (Å²) in [6, 6.07) is 7.30. The zero-order chi connectivity index (χ0) is 13.1. The summed E-state index contributed by atoms with van der Waals surface area (Å²) in [4.78, 5) is 15.6. The van der Waals surface area contributed by atoms with Crippen LogP contribution in [-0.2, 0) is 0 Å². The van der Waals surface area contributed by atoms with Gasteiger partial charge in [0, 0.05) is 0 Å². The van der Waals surface area contributed by atoms with E-state index in [-0.39, 0.29) is 10.6 Å². The normalized spacial score (nSPS) is 10.2. The van der Waals surface area contributed by atoms with Gasteiger partial charge in [-0.3, -0.25) is 4.79 Å². The fraction of sp³-hybridized carbons (Fsp3) is 0. The number of anilines is 1. The summed E-state index contributed by atoms with van der Waals surface area (Å²) in [6.45, 7) is 0. The molecule has 0 aliphatic rings. The summed E-state index contributed by atoms with van der Waals surface area (Å²) in [6.07, 6.45) is 1.38. The average molecular weight is 285 g/mol. The zero-order valence-electron chi connectivity index (χ0n) is 8.95. The average Bonchev–Trinajstić information content (AvgIpc) is 2.35. The Morgan fingerprint density at radius 1 is 1.22 bits per heavy atom. The van der Waals surface area contributed by atoms with Gasteiger partial charge in [0.25, 0.3) is 5.91 Å². The predicted octanol–water partition coefficient (Wildman–Crippen LogP) is 3.78.